The summed E-state index contributed by atoms with van der Waals surface area (Å²) in [5.74, 6) is 0.0685. The number of rotatable bonds is 5. The van der Waals surface area contributed by atoms with Crippen molar-refractivity contribution in [3.05, 3.63) is 34.1 Å². The van der Waals surface area contributed by atoms with Gasteiger partial charge in [0, 0.05) is 22.9 Å². The van der Waals surface area contributed by atoms with Crippen molar-refractivity contribution in [1.29, 1.82) is 0 Å². The van der Waals surface area contributed by atoms with E-state index in [2.05, 4.69) is 26.1 Å². The Morgan fingerprint density at radius 3 is 2.90 bits per heavy atom. The van der Waals surface area contributed by atoms with E-state index in [-0.39, 0.29) is 12.3 Å². The zero-order valence-corrected chi connectivity index (χ0v) is 12.8. The Morgan fingerprint density at radius 2 is 2.20 bits per heavy atom. The van der Waals surface area contributed by atoms with E-state index < -0.39 is 5.97 Å². The summed E-state index contributed by atoms with van der Waals surface area (Å²) in [6.07, 6.45) is 0.556. The number of hydrogen-bond acceptors (Lipinski definition) is 4. The lowest BCUT2D eigenvalue weighted by Gasteiger charge is -2.04. The second-order valence-corrected chi connectivity index (χ2v) is 5.78. The Labute approximate surface area is 125 Å². The summed E-state index contributed by atoms with van der Waals surface area (Å²) in [7, 11) is 0. The summed E-state index contributed by atoms with van der Waals surface area (Å²) in [6.45, 7) is 3.82. The van der Waals surface area contributed by atoms with Crippen molar-refractivity contribution in [2.75, 3.05) is 0 Å². The zero-order valence-electron chi connectivity index (χ0n) is 11.3. The van der Waals surface area contributed by atoms with Crippen LogP contribution in [-0.2, 0) is 11.2 Å². The fourth-order valence-corrected chi connectivity index (χ4v) is 2.30. The quantitative estimate of drug-likeness (QED) is 0.903. The average molecular weight is 339 g/mol. The Balaban J connectivity index is 2.16. The predicted octanol–water partition coefficient (Wildman–Crippen LogP) is 3.46. The molecule has 5 nitrogen and oxygen atoms in total. The van der Waals surface area contributed by atoms with E-state index in [0.717, 1.165) is 15.6 Å². The first kappa shape index (κ1) is 14.7. The maximum atomic E-state index is 10.6. The standard InChI is InChI=1S/C14H15BrN2O3/c1-8(6-13(18)19)5-12-16-17-14(20-12)11-7-10(15)4-3-9(11)2/h3-4,7-8H,5-6H2,1-2H3,(H,18,19). The molecule has 1 aromatic carbocycles. The van der Waals surface area contributed by atoms with Gasteiger partial charge in [-0.2, -0.15) is 0 Å². The van der Waals surface area contributed by atoms with E-state index in [4.69, 9.17) is 9.52 Å². The number of nitrogens with zero attached hydrogens (tertiary/aromatic N) is 2. The Kier molecular flexibility index (Phi) is 4.54. The van der Waals surface area contributed by atoms with Gasteiger partial charge in [-0.25, -0.2) is 0 Å². The highest BCUT2D eigenvalue weighted by atomic mass is 79.9. The molecule has 1 atom stereocenters. The van der Waals surface area contributed by atoms with E-state index in [1.54, 1.807) is 0 Å². The number of carbonyl (C=O) groups is 1. The maximum Gasteiger partial charge on any atom is 0.303 e. The van der Waals surface area contributed by atoms with Crippen LogP contribution in [0.1, 0.15) is 24.8 Å². The number of benzene rings is 1. The fraction of sp³-hybridized carbons (Fsp3) is 0.357. The number of hydrogen-bond donors (Lipinski definition) is 1. The van der Waals surface area contributed by atoms with Crippen LogP contribution in [0.3, 0.4) is 0 Å². The van der Waals surface area contributed by atoms with E-state index in [0.29, 0.717) is 18.2 Å². The van der Waals surface area contributed by atoms with Crippen LogP contribution in [0, 0.1) is 12.8 Å². The SMILES string of the molecule is Cc1ccc(Br)cc1-c1nnc(CC(C)CC(=O)O)o1. The van der Waals surface area contributed by atoms with E-state index >= 15 is 0 Å². The summed E-state index contributed by atoms with van der Waals surface area (Å²) >= 11 is 3.41. The summed E-state index contributed by atoms with van der Waals surface area (Å²) in [4.78, 5) is 10.6. The van der Waals surface area contributed by atoms with Crippen molar-refractivity contribution in [2.45, 2.75) is 26.7 Å². The minimum Gasteiger partial charge on any atom is -0.481 e. The van der Waals surface area contributed by atoms with Gasteiger partial charge in [0.1, 0.15) is 0 Å². The topological polar surface area (TPSA) is 76.2 Å². The number of aliphatic carboxylic acids is 1. The predicted molar refractivity (Wildman–Crippen MR) is 77.3 cm³/mol. The van der Waals surface area contributed by atoms with Crippen molar-refractivity contribution in [2.24, 2.45) is 5.92 Å². The zero-order chi connectivity index (χ0) is 14.7. The van der Waals surface area contributed by atoms with Crippen molar-refractivity contribution in [3.63, 3.8) is 0 Å². The third kappa shape index (κ3) is 3.66. The van der Waals surface area contributed by atoms with Crippen LogP contribution in [0.5, 0.6) is 0 Å². The average Bonchev–Trinajstić information content (AvgIpc) is 2.79. The third-order valence-corrected chi connectivity index (χ3v) is 3.44. The van der Waals surface area contributed by atoms with E-state index in [1.165, 1.54) is 0 Å². The molecule has 2 aromatic rings. The highest BCUT2D eigenvalue weighted by Gasteiger charge is 2.15. The summed E-state index contributed by atoms with van der Waals surface area (Å²) < 4.78 is 6.56. The molecule has 106 valence electrons. The molecule has 6 heteroatoms. The van der Waals surface area contributed by atoms with E-state index in [1.807, 2.05) is 32.0 Å². The Bertz CT molecular complexity index is 625. The van der Waals surface area contributed by atoms with Crippen molar-refractivity contribution < 1.29 is 14.3 Å². The van der Waals surface area contributed by atoms with Gasteiger partial charge in [-0.05, 0) is 30.5 Å². The van der Waals surface area contributed by atoms with Crippen LogP contribution in [0.4, 0.5) is 0 Å². The molecule has 1 aromatic heterocycles. The van der Waals surface area contributed by atoms with Gasteiger partial charge in [0.05, 0.1) is 0 Å². The van der Waals surface area contributed by atoms with Gasteiger partial charge in [0.25, 0.3) is 0 Å². The number of aromatic nitrogens is 2. The highest BCUT2D eigenvalue weighted by molar-refractivity contribution is 9.10. The molecule has 0 fully saturated rings. The monoisotopic (exact) mass is 338 g/mol. The molecule has 2 rings (SSSR count). The summed E-state index contributed by atoms with van der Waals surface area (Å²) in [5, 5.41) is 16.8. The molecule has 0 aliphatic rings. The van der Waals surface area contributed by atoms with Gasteiger partial charge in [0.15, 0.2) is 0 Å². The van der Waals surface area contributed by atoms with Crippen LogP contribution < -0.4 is 0 Å². The molecule has 0 aliphatic carbocycles. The molecule has 0 amide bonds. The molecule has 0 spiro atoms. The minimum atomic E-state index is -0.819. The largest absolute Gasteiger partial charge is 0.481 e. The first-order valence-corrected chi connectivity index (χ1v) is 7.05. The molecular weight excluding hydrogens is 324 g/mol. The van der Waals surface area contributed by atoms with Gasteiger partial charge in [0.2, 0.25) is 11.8 Å². The van der Waals surface area contributed by atoms with Gasteiger partial charge >= 0.3 is 5.97 Å². The van der Waals surface area contributed by atoms with Gasteiger partial charge in [-0.3, -0.25) is 4.79 Å². The van der Waals surface area contributed by atoms with Gasteiger partial charge in [-0.15, -0.1) is 10.2 Å². The highest BCUT2D eigenvalue weighted by Crippen LogP contribution is 2.26. The molecule has 20 heavy (non-hydrogen) atoms. The molecule has 0 aliphatic heterocycles. The lowest BCUT2D eigenvalue weighted by atomic mass is 10.0. The van der Waals surface area contributed by atoms with Gasteiger partial charge in [-0.1, -0.05) is 28.9 Å². The third-order valence-electron chi connectivity index (χ3n) is 2.94. The molecular formula is C14H15BrN2O3. The minimum absolute atomic E-state index is 0.0376. The van der Waals surface area contributed by atoms with Crippen molar-refractivity contribution in [3.8, 4) is 11.5 Å². The normalized spacial score (nSPS) is 12.3. The van der Waals surface area contributed by atoms with Crippen molar-refractivity contribution in [1.82, 2.24) is 10.2 Å². The van der Waals surface area contributed by atoms with Crippen molar-refractivity contribution >= 4 is 21.9 Å². The smallest absolute Gasteiger partial charge is 0.303 e. The first-order valence-electron chi connectivity index (χ1n) is 6.26. The molecule has 0 saturated carbocycles. The molecule has 0 bridgehead atoms. The number of carboxylic acids is 1. The van der Waals surface area contributed by atoms with Crippen LogP contribution in [-0.4, -0.2) is 21.3 Å². The Hall–Kier alpha value is -1.69. The summed E-state index contributed by atoms with van der Waals surface area (Å²) in [5.41, 5.74) is 1.92. The van der Waals surface area contributed by atoms with Crippen LogP contribution in [0.2, 0.25) is 0 Å². The number of halogens is 1. The van der Waals surface area contributed by atoms with Crippen LogP contribution in [0.15, 0.2) is 27.1 Å². The number of aryl methyl sites for hydroxylation is 1. The Morgan fingerprint density at radius 1 is 1.45 bits per heavy atom. The maximum absolute atomic E-state index is 10.6. The molecule has 0 radical (unpaired) electrons. The van der Waals surface area contributed by atoms with E-state index in [9.17, 15) is 4.79 Å². The fourth-order valence-electron chi connectivity index (χ4n) is 1.94. The lowest BCUT2D eigenvalue weighted by molar-refractivity contribution is -0.137. The summed E-state index contributed by atoms with van der Waals surface area (Å²) in [6, 6.07) is 5.84. The lowest BCUT2D eigenvalue weighted by Crippen LogP contribution is -2.07. The number of carboxylic acid groups (broad SMARTS) is 1. The molecule has 1 unspecified atom stereocenters. The second kappa shape index (κ2) is 6.17. The van der Waals surface area contributed by atoms with Crippen LogP contribution >= 0.6 is 15.9 Å². The molecule has 1 N–H and O–H groups in total. The molecule has 0 saturated heterocycles. The second-order valence-electron chi connectivity index (χ2n) is 4.87. The first-order chi connectivity index (χ1) is 9.45. The van der Waals surface area contributed by atoms with Gasteiger partial charge < -0.3 is 9.52 Å². The molecule has 1 heterocycles. The van der Waals surface area contributed by atoms with Crippen LogP contribution in [0.25, 0.3) is 11.5 Å².